The van der Waals surface area contributed by atoms with Gasteiger partial charge in [0.05, 0.1) is 65.6 Å². The van der Waals surface area contributed by atoms with Crippen LogP contribution in [0.4, 0.5) is 0 Å². The molecule has 12 heteroatoms. The Kier molecular flexibility index (Phi) is 15.0. The monoisotopic (exact) mass is 748 g/mol. The standard InChI is InChI=1S/C42H52O12/c43-37(44)27-53-41-33-9-3-11-35(41)25-31-7-2-8-32-26-36-12-4-10-34(42(36)54-28-38(45)46)24-30-6-1-5-29(23-33)39(30)51-21-19-49-17-15-47-13-14-48-16-18-50-20-22-52-40(31)32/h1,3-6,9-12,31-32,40H,2,7-8,13-28H2,(H,43,44)(H,45,46)/t31-,32?,40?/m1/s1. The van der Waals surface area contributed by atoms with Crippen LogP contribution in [0.1, 0.15) is 52.6 Å². The maximum Gasteiger partial charge on any atom is 0.341 e. The minimum atomic E-state index is -1.05. The zero-order valence-electron chi connectivity index (χ0n) is 30.8. The minimum absolute atomic E-state index is 0.102. The highest BCUT2D eigenvalue weighted by Gasteiger charge is 2.36. The van der Waals surface area contributed by atoms with Crippen LogP contribution in [0.2, 0.25) is 0 Å². The maximum atomic E-state index is 11.8. The number of aliphatic carboxylic acids is 2. The van der Waals surface area contributed by atoms with Gasteiger partial charge in [-0.3, -0.25) is 0 Å². The summed E-state index contributed by atoms with van der Waals surface area (Å²) in [5.74, 6) is -0.0423. The molecule has 0 amide bonds. The molecule has 6 rings (SSSR count). The average Bonchev–Trinajstić information content (AvgIpc) is 3.15. The highest BCUT2D eigenvalue weighted by Crippen LogP contribution is 2.41. The third kappa shape index (κ3) is 11.2. The quantitative estimate of drug-likeness (QED) is 0.344. The summed E-state index contributed by atoms with van der Waals surface area (Å²) >= 11 is 0. The Hall–Kier alpha value is -4.20. The molecule has 0 radical (unpaired) electrons. The topological polar surface area (TPSA) is 148 Å². The van der Waals surface area contributed by atoms with E-state index in [9.17, 15) is 19.8 Å². The molecule has 12 nitrogen and oxygen atoms in total. The normalized spacial score (nSPS) is 22.0. The number of rotatable bonds is 6. The SMILES string of the molecule is O=C(O)COc1c2cccc1CC1CCC[C@@H]3Cc4cccc(c4OCC(=O)O)Cc4cccc(c4OCCOCCOCCOCCOCCOC13)C2. The van der Waals surface area contributed by atoms with Crippen molar-refractivity contribution in [2.45, 2.75) is 51.0 Å². The molecule has 0 spiro atoms. The lowest BCUT2D eigenvalue weighted by molar-refractivity contribution is -0.140. The van der Waals surface area contributed by atoms with Crippen molar-refractivity contribution in [3.63, 3.8) is 0 Å². The predicted molar refractivity (Wildman–Crippen MR) is 198 cm³/mol. The zero-order valence-corrected chi connectivity index (χ0v) is 30.8. The van der Waals surface area contributed by atoms with Crippen molar-refractivity contribution in [1.82, 2.24) is 0 Å². The van der Waals surface area contributed by atoms with Gasteiger partial charge < -0.3 is 48.1 Å². The number of ether oxygens (including phenoxy) is 8. The van der Waals surface area contributed by atoms with Crippen LogP contribution >= 0.6 is 0 Å². The third-order valence-electron chi connectivity index (χ3n) is 10.1. The fourth-order valence-electron chi connectivity index (χ4n) is 7.86. The fourth-order valence-corrected chi connectivity index (χ4v) is 7.86. The van der Waals surface area contributed by atoms with Gasteiger partial charge in [-0.1, -0.05) is 61.0 Å². The van der Waals surface area contributed by atoms with Gasteiger partial charge in [-0.25, -0.2) is 9.59 Å². The van der Waals surface area contributed by atoms with Crippen molar-refractivity contribution in [3.8, 4) is 17.2 Å². The van der Waals surface area contributed by atoms with Crippen LogP contribution in [0.15, 0.2) is 54.6 Å². The van der Waals surface area contributed by atoms with Crippen molar-refractivity contribution in [2.24, 2.45) is 11.8 Å². The predicted octanol–water partition coefficient (Wildman–Crippen LogP) is 5.15. The number of carbonyl (C=O) groups is 2. The minimum Gasteiger partial charge on any atom is -0.491 e. The first-order chi connectivity index (χ1) is 26.5. The van der Waals surface area contributed by atoms with E-state index in [2.05, 4.69) is 0 Å². The summed E-state index contributed by atoms with van der Waals surface area (Å²) in [6.07, 6.45) is 4.78. The Bertz CT molecular complexity index is 1580. The Morgan fingerprint density at radius 1 is 0.556 bits per heavy atom. The summed E-state index contributed by atoms with van der Waals surface area (Å²) in [6, 6.07) is 18.0. The molecular weight excluding hydrogens is 696 g/mol. The van der Waals surface area contributed by atoms with Gasteiger partial charge in [0.15, 0.2) is 13.2 Å². The molecular formula is C42H52O12. The van der Waals surface area contributed by atoms with Crippen molar-refractivity contribution in [2.75, 3.05) is 79.3 Å². The number of hydrogen-bond acceptors (Lipinski definition) is 10. The zero-order chi connectivity index (χ0) is 37.5. The first-order valence-corrected chi connectivity index (χ1v) is 19.0. The molecule has 2 aliphatic carbocycles. The van der Waals surface area contributed by atoms with Gasteiger partial charge in [0.25, 0.3) is 0 Å². The van der Waals surface area contributed by atoms with Crippen molar-refractivity contribution >= 4 is 11.9 Å². The molecule has 1 saturated carbocycles. The van der Waals surface area contributed by atoms with Crippen molar-refractivity contribution in [1.29, 1.82) is 0 Å². The largest absolute Gasteiger partial charge is 0.491 e. The maximum absolute atomic E-state index is 11.8. The molecule has 0 saturated heterocycles. The van der Waals surface area contributed by atoms with Gasteiger partial charge in [0.1, 0.15) is 23.9 Å². The van der Waals surface area contributed by atoms with E-state index in [0.29, 0.717) is 102 Å². The molecule has 3 aromatic rings. The number of carboxylic acids is 2. The van der Waals surface area contributed by atoms with E-state index in [-0.39, 0.29) is 24.5 Å². The van der Waals surface area contributed by atoms with Gasteiger partial charge in [0, 0.05) is 12.8 Å². The number of hydrogen-bond donors (Lipinski definition) is 2. The average molecular weight is 749 g/mol. The Balaban J connectivity index is 1.46. The van der Waals surface area contributed by atoms with E-state index in [1.54, 1.807) is 0 Å². The lowest BCUT2D eigenvalue weighted by Crippen LogP contribution is -2.39. The Morgan fingerprint density at radius 2 is 0.963 bits per heavy atom. The molecule has 1 heterocycles. The second-order valence-corrected chi connectivity index (χ2v) is 13.9. The number of carboxylic acid groups (broad SMARTS) is 2. The second kappa shape index (κ2) is 20.5. The molecule has 54 heavy (non-hydrogen) atoms. The molecule has 3 aliphatic rings. The summed E-state index contributed by atoms with van der Waals surface area (Å²) in [7, 11) is 0. The second-order valence-electron chi connectivity index (χ2n) is 13.9. The van der Waals surface area contributed by atoms with Gasteiger partial charge in [-0.05, 0) is 70.9 Å². The van der Waals surface area contributed by atoms with E-state index < -0.39 is 25.2 Å². The van der Waals surface area contributed by atoms with Crippen LogP contribution in [0.3, 0.4) is 0 Å². The summed E-state index contributed by atoms with van der Waals surface area (Å²) in [4.78, 5) is 23.7. The lowest BCUT2D eigenvalue weighted by Gasteiger charge is -2.39. The van der Waals surface area contributed by atoms with Crippen LogP contribution in [-0.4, -0.2) is 108 Å². The van der Waals surface area contributed by atoms with E-state index in [4.69, 9.17) is 37.9 Å². The Morgan fingerprint density at radius 3 is 1.43 bits per heavy atom. The van der Waals surface area contributed by atoms with Gasteiger partial charge in [-0.15, -0.1) is 0 Å². The first-order valence-electron chi connectivity index (χ1n) is 19.0. The molecule has 292 valence electrons. The van der Waals surface area contributed by atoms with Gasteiger partial charge >= 0.3 is 11.9 Å². The highest BCUT2D eigenvalue weighted by molar-refractivity contribution is 5.69. The van der Waals surface area contributed by atoms with Crippen LogP contribution < -0.4 is 14.2 Å². The molecule has 3 aromatic carbocycles. The van der Waals surface area contributed by atoms with E-state index in [1.807, 2.05) is 54.6 Å². The van der Waals surface area contributed by atoms with Crippen LogP contribution in [0.5, 0.6) is 17.2 Å². The number of fused-ring (bicyclic) bond motifs is 2. The number of benzene rings is 3. The third-order valence-corrected chi connectivity index (χ3v) is 10.1. The van der Waals surface area contributed by atoms with E-state index >= 15 is 0 Å². The lowest BCUT2D eigenvalue weighted by atomic mass is 9.73. The number of para-hydroxylation sites is 3. The summed E-state index contributed by atoms with van der Waals surface area (Å²) in [5.41, 5.74) is 5.37. The molecule has 3 atom stereocenters. The summed E-state index contributed by atoms with van der Waals surface area (Å²) < 4.78 is 48.6. The first kappa shape index (κ1) is 39.5. The van der Waals surface area contributed by atoms with E-state index in [0.717, 1.165) is 52.6 Å². The van der Waals surface area contributed by atoms with Crippen molar-refractivity contribution < 1.29 is 57.7 Å². The molecule has 1 aliphatic heterocycles. The van der Waals surface area contributed by atoms with Crippen LogP contribution in [-0.2, 0) is 59.0 Å². The molecule has 0 aromatic heterocycles. The summed E-state index contributed by atoms with van der Waals surface area (Å²) in [5, 5.41) is 19.4. The molecule has 1 fully saturated rings. The van der Waals surface area contributed by atoms with Crippen LogP contribution in [0, 0.1) is 11.8 Å². The van der Waals surface area contributed by atoms with Crippen molar-refractivity contribution in [3.05, 3.63) is 88.0 Å². The van der Waals surface area contributed by atoms with E-state index in [1.165, 1.54) is 0 Å². The Labute approximate surface area is 316 Å². The smallest absolute Gasteiger partial charge is 0.341 e. The molecule has 2 N–H and O–H groups in total. The van der Waals surface area contributed by atoms with Gasteiger partial charge in [-0.2, -0.15) is 0 Å². The van der Waals surface area contributed by atoms with Crippen LogP contribution in [0.25, 0.3) is 0 Å². The summed E-state index contributed by atoms with van der Waals surface area (Å²) in [6.45, 7) is 3.11. The highest BCUT2D eigenvalue weighted by atomic mass is 16.6. The molecule has 2 unspecified atom stereocenters. The fraction of sp³-hybridized carbons (Fsp3) is 0.524. The van der Waals surface area contributed by atoms with Gasteiger partial charge in [0.2, 0.25) is 0 Å². The molecule has 10 bridgehead atoms.